The number of Topliss-reactive ketones (excluding diaryl/α,β-unsaturated/α-hetero) is 1. The van der Waals surface area contributed by atoms with Crippen molar-refractivity contribution in [2.45, 2.75) is 13.3 Å². The lowest BCUT2D eigenvalue weighted by molar-refractivity contribution is 0.0643. The minimum Gasteiger partial charge on any atom is -0.493 e. The van der Waals surface area contributed by atoms with Gasteiger partial charge in [0, 0.05) is 24.6 Å². The molecule has 1 aromatic rings. The van der Waals surface area contributed by atoms with Gasteiger partial charge in [-0.05, 0) is 25.1 Å². The lowest BCUT2D eigenvalue weighted by Crippen LogP contribution is -2.08. The third kappa shape index (κ3) is 6.18. The van der Waals surface area contributed by atoms with Crippen molar-refractivity contribution in [3.05, 3.63) is 28.2 Å². The fourth-order valence-corrected chi connectivity index (χ4v) is 1.83. The number of carbonyl (C=O) groups is 1. The van der Waals surface area contributed by atoms with Crippen LogP contribution in [0, 0.1) is 0 Å². The molecule has 0 aliphatic carbocycles. The number of halogens is 1. The van der Waals surface area contributed by atoms with E-state index in [0.29, 0.717) is 37.7 Å². The molecule has 0 unspecified atom stereocenters. The van der Waals surface area contributed by atoms with Crippen molar-refractivity contribution in [3.8, 4) is 5.75 Å². The number of rotatable bonds is 9. The molecule has 0 amide bonds. The number of benzene rings is 1. The summed E-state index contributed by atoms with van der Waals surface area (Å²) in [6, 6.07) is 5.40. The Hall–Kier alpha value is -0.910. The average Bonchev–Trinajstić information content (AvgIpc) is 2.37. The smallest absolute Gasteiger partial charge is 0.163 e. The summed E-state index contributed by atoms with van der Waals surface area (Å²) in [5, 5.41) is 0. The first-order valence-corrected chi connectivity index (χ1v) is 6.94. The number of carbonyl (C=O) groups excluding carboxylic acids is 1. The number of ether oxygens (including phenoxy) is 3. The second kappa shape index (κ2) is 9.07. The molecule has 0 N–H and O–H groups in total. The Morgan fingerprint density at radius 3 is 2.68 bits per heavy atom. The molecular formula is C14H19BrO4. The standard InChI is InChI=1S/C14H19BrO4/c1-11(16)13-5-4-12(15)10-14(13)19-7-3-6-18-9-8-17-2/h4-5,10H,3,6-9H2,1-2H3. The lowest BCUT2D eigenvalue weighted by Gasteiger charge is -2.10. The van der Waals surface area contributed by atoms with Gasteiger partial charge in [-0.25, -0.2) is 0 Å². The Morgan fingerprint density at radius 1 is 1.21 bits per heavy atom. The van der Waals surface area contributed by atoms with Gasteiger partial charge in [0.05, 0.1) is 25.4 Å². The van der Waals surface area contributed by atoms with Gasteiger partial charge in [-0.1, -0.05) is 15.9 Å². The predicted molar refractivity (Wildman–Crippen MR) is 77.0 cm³/mol. The average molecular weight is 331 g/mol. The van der Waals surface area contributed by atoms with E-state index in [1.54, 1.807) is 13.2 Å². The molecule has 0 atom stereocenters. The summed E-state index contributed by atoms with van der Waals surface area (Å²) >= 11 is 3.37. The third-order valence-electron chi connectivity index (χ3n) is 2.45. The summed E-state index contributed by atoms with van der Waals surface area (Å²) in [5.74, 6) is 0.609. The minimum absolute atomic E-state index is 0.00107. The van der Waals surface area contributed by atoms with Gasteiger partial charge in [-0.3, -0.25) is 4.79 Å². The van der Waals surface area contributed by atoms with Crippen molar-refractivity contribution in [1.82, 2.24) is 0 Å². The van der Waals surface area contributed by atoms with Crippen LogP contribution >= 0.6 is 15.9 Å². The number of methoxy groups -OCH3 is 1. The third-order valence-corrected chi connectivity index (χ3v) is 2.94. The van der Waals surface area contributed by atoms with Crippen LogP contribution in [-0.4, -0.2) is 39.3 Å². The second-order valence-electron chi connectivity index (χ2n) is 4.00. The van der Waals surface area contributed by atoms with Crippen molar-refractivity contribution in [2.75, 3.05) is 33.5 Å². The Kier molecular flexibility index (Phi) is 7.70. The molecule has 5 heteroatoms. The molecule has 0 aliphatic rings. The summed E-state index contributed by atoms with van der Waals surface area (Å²) in [6.45, 7) is 3.85. The highest BCUT2D eigenvalue weighted by Gasteiger charge is 2.08. The number of ketones is 1. The zero-order chi connectivity index (χ0) is 14.1. The summed E-state index contributed by atoms with van der Waals surface area (Å²) in [6.07, 6.45) is 0.771. The first-order chi connectivity index (χ1) is 9.15. The van der Waals surface area contributed by atoms with E-state index in [9.17, 15) is 4.79 Å². The Balaban J connectivity index is 2.36. The molecule has 1 aromatic carbocycles. The zero-order valence-corrected chi connectivity index (χ0v) is 12.9. The van der Waals surface area contributed by atoms with Crippen LogP contribution < -0.4 is 4.74 Å². The van der Waals surface area contributed by atoms with E-state index in [1.807, 2.05) is 12.1 Å². The largest absolute Gasteiger partial charge is 0.493 e. The van der Waals surface area contributed by atoms with Crippen LogP contribution in [0.15, 0.2) is 22.7 Å². The number of hydrogen-bond donors (Lipinski definition) is 0. The Labute approximate surface area is 122 Å². The van der Waals surface area contributed by atoms with E-state index in [4.69, 9.17) is 14.2 Å². The van der Waals surface area contributed by atoms with Crippen LogP contribution in [0.25, 0.3) is 0 Å². The van der Waals surface area contributed by atoms with Gasteiger partial charge in [0.1, 0.15) is 5.75 Å². The van der Waals surface area contributed by atoms with Crippen LogP contribution in [0.4, 0.5) is 0 Å². The van der Waals surface area contributed by atoms with Crippen LogP contribution in [0.3, 0.4) is 0 Å². The van der Waals surface area contributed by atoms with Gasteiger partial charge in [0.25, 0.3) is 0 Å². The maximum Gasteiger partial charge on any atom is 0.163 e. The monoisotopic (exact) mass is 330 g/mol. The molecule has 4 nitrogen and oxygen atoms in total. The molecule has 0 aliphatic heterocycles. The fourth-order valence-electron chi connectivity index (χ4n) is 1.49. The highest BCUT2D eigenvalue weighted by atomic mass is 79.9. The van der Waals surface area contributed by atoms with Crippen molar-refractivity contribution >= 4 is 21.7 Å². The van der Waals surface area contributed by atoms with Gasteiger partial charge in [-0.15, -0.1) is 0 Å². The van der Waals surface area contributed by atoms with Crippen molar-refractivity contribution < 1.29 is 19.0 Å². The van der Waals surface area contributed by atoms with Crippen LogP contribution in [0.1, 0.15) is 23.7 Å². The van der Waals surface area contributed by atoms with Gasteiger partial charge < -0.3 is 14.2 Å². The van der Waals surface area contributed by atoms with Gasteiger partial charge in [0.15, 0.2) is 5.78 Å². The van der Waals surface area contributed by atoms with Crippen molar-refractivity contribution in [2.24, 2.45) is 0 Å². The maximum atomic E-state index is 11.5. The first kappa shape index (κ1) is 16.1. The van der Waals surface area contributed by atoms with E-state index in [2.05, 4.69) is 15.9 Å². The molecule has 0 heterocycles. The number of hydrogen-bond acceptors (Lipinski definition) is 4. The molecule has 0 aromatic heterocycles. The summed E-state index contributed by atoms with van der Waals surface area (Å²) < 4.78 is 16.7. The molecule has 0 spiro atoms. The molecule has 1 rings (SSSR count). The summed E-state index contributed by atoms with van der Waals surface area (Å²) in [5.41, 5.74) is 0.600. The van der Waals surface area contributed by atoms with Crippen molar-refractivity contribution in [3.63, 3.8) is 0 Å². The van der Waals surface area contributed by atoms with E-state index in [1.165, 1.54) is 6.92 Å². The van der Waals surface area contributed by atoms with E-state index < -0.39 is 0 Å². The van der Waals surface area contributed by atoms with Gasteiger partial charge in [0.2, 0.25) is 0 Å². The maximum absolute atomic E-state index is 11.5. The molecule has 0 bridgehead atoms. The molecular weight excluding hydrogens is 312 g/mol. The van der Waals surface area contributed by atoms with Crippen molar-refractivity contribution in [1.29, 1.82) is 0 Å². The van der Waals surface area contributed by atoms with E-state index >= 15 is 0 Å². The normalized spacial score (nSPS) is 10.5. The van der Waals surface area contributed by atoms with Crippen LogP contribution in [0.5, 0.6) is 5.75 Å². The minimum atomic E-state index is -0.00107. The van der Waals surface area contributed by atoms with E-state index in [-0.39, 0.29) is 5.78 Å². The fraction of sp³-hybridized carbons (Fsp3) is 0.500. The van der Waals surface area contributed by atoms with Crippen LogP contribution in [0.2, 0.25) is 0 Å². The zero-order valence-electron chi connectivity index (χ0n) is 11.3. The highest BCUT2D eigenvalue weighted by molar-refractivity contribution is 9.10. The predicted octanol–water partition coefficient (Wildman–Crippen LogP) is 3.08. The molecule has 0 saturated heterocycles. The lowest BCUT2D eigenvalue weighted by atomic mass is 10.1. The SMILES string of the molecule is COCCOCCCOc1cc(Br)ccc1C(C)=O. The summed E-state index contributed by atoms with van der Waals surface area (Å²) in [7, 11) is 1.64. The molecule has 0 radical (unpaired) electrons. The van der Waals surface area contributed by atoms with Gasteiger partial charge >= 0.3 is 0 Å². The topological polar surface area (TPSA) is 44.8 Å². The molecule has 19 heavy (non-hydrogen) atoms. The quantitative estimate of drug-likeness (QED) is 0.515. The van der Waals surface area contributed by atoms with E-state index in [0.717, 1.165) is 10.9 Å². The molecule has 0 fully saturated rings. The van der Waals surface area contributed by atoms with Crippen LogP contribution in [-0.2, 0) is 9.47 Å². The first-order valence-electron chi connectivity index (χ1n) is 6.15. The molecule has 0 saturated carbocycles. The second-order valence-corrected chi connectivity index (χ2v) is 4.92. The summed E-state index contributed by atoms with van der Waals surface area (Å²) in [4.78, 5) is 11.5. The highest BCUT2D eigenvalue weighted by Crippen LogP contribution is 2.24. The molecule has 106 valence electrons. The Bertz CT molecular complexity index is 406. The Morgan fingerprint density at radius 2 is 2.00 bits per heavy atom. The van der Waals surface area contributed by atoms with Gasteiger partial charge in [-0.2, -0.15) is 0 Å².